The summed E-state index contributed by atoms with van der Waals surface area (Å²) >= 11 is 3.23. The highest BCUT2D eigenvalue weighted by Crippen LogP contribution is 2.25. The second-order valence-electron chi connectivity index (χ2n) is 3.43. The zero-order valence-corrected chi connectivity index (χ0v) is 11.2. The van der Waals surface area contributed by atoms with Crippen LogP contribution in [0.1, 0.15) is 11.4 Å². The molecule has 2 aromatic rings. The van der Waals surface area contributed by atoms with Crippen molar-refractivity contribution in [2.75, 3.05) is 7.11 Å². The number of thiazole rings is 1. The van der Waals surface area contributed by atoms with Crippen LogP contribution in [0.4, 0.5) is 0 Å². The van der Waals surface area contributed by atoms with Gasteiger partial charge in [-0.25, -0.2) is 4.98 Å². The molecule has 0 saturated carbocycles. The second-order valence-corrected chi connectivity index (χ2v) is 5.51. The highest BCUT2D eigenvalue weighted by atomic mass is 32.2. The van der Waals surface area contributed by atoms with Crippen molar-refractivity contribution in [3.8, 4) is 5.75 Å². The van der Waals surface area contributed by atoms with Gasteiger partial charge in [0, 0.05) is 34.8 Å². The standard InChI is InChI=1S/C11H12N2O2S2/c1-7-5-16-11(13-7)17-6-8-3-9(14)10(15-2)4-12-8/h3-5H,6H2,1-2H3,(H,12,14). The van der Waals surface area contributed by atoms with Crippen molar-refractivity contribution in [3.63, 3.8) is 0 Å². The van der Waals surface area contributed by atoms with Gasteiger partial charge < -0.3 is 9.72 Å². The summed E-state index contributed by atoms with van der Waals surface area (Å²) in [5.74, 6) is 1.04. The van der Waals surface area contributed by atoms with Crippen LogP contribution < -0.4 is 10.2 Å². The third-order valence-corrected chi connectivity index (χ3v) is 4.29. The average Bonchev–Trinajstić information content (AvgIpc) is 2.73. The highest BCUT2D eigenvalue weighted by molar-refractivity contribution is 8.00. The summed E-state index contributed by atoms with van der Waals surface area (Å²) in [6, 6.07) is 1.56. The van der Waals surface area contributed by atoms with Crippen LogP contribution in [-0.2, 0) is 5.75 Å². The first-order chi connectivity index (χ1) is 8.19. The maximum absolute atomic E-state index is 11.5. The first-order valence-corrected chi connectivity index (χ1v) is 6.86. The van der Waals surface area contributed by atoms with Crippen molar-refractivity contribution >= 4 is 23.1 Å². The Labute approximate surface area is 107 Å². The van der Waals surface area contributed by atoms with Crippen molar-refractivity contribution in [1.29, 1.82) is 0 Å². The molecule has 0 aliphatic carbocycles. The Balaban J connectivity index is 2.04. The summed E-state index contributed by atoms with van der Waals surface area (Å²) < 4.78 is 5.92. The number of aromatic amines is 1. The smallest absolute Gasteiger partial charge is 0.223 e. The number of hydrogen-bond acceptors (Lipinski definition) is 5. The molecule has 0 aliphatic heterocycles. The number of pyridine rings is 1. The normalized spacial score (nSPS) is 10.5. The van der Waals surface area contributed by atoms with Crippen LogP contribution in [0.2, 0.25) is 0 Å². The fraction of sp³-hybridized carbons (Fsp3) is 0.273. The number of nitrogens with zero attached hydrogens (tertiary/aromatic N) is 1. The summed E-state index contributed by atoms with van der Waals surface area (Å²) in [4.78, 5) is 18.9. The van der Waals surface area contributed by atoms with E-state index in [1.54, 1.807) is 35.4 Å². The van der Waals surface area contributed by atoms with Crippen molar-refractivity contribution < 1.29 is 4.74 Å². The number of aryl methyl sites for hydroxylation is 1. The van der Waals surface area contributed by atoms with Gasteiger partial charge in [-0.05, 0) is 6.92 Å². The molecule has 17 heavy (non-hydrogen) atoms. The zero-order valence-electron chi connectivity index (χ0n) is 9.52. The van der Waals surface area contributed by atoms with E-state index in [2.05, 4.69) is 9.97 Å². The van der Waals surface area contributed by atoms with Crippen LogP contribution in [0.3, 0.4) is 0 Å². The van der Waals surface area contributed by atoms with E-state index in [0.29, 0.717) is 11.5 Å². The first-order valence-electron chi connectivity index (χ1n) is 4.99. The van der Waals surface area contributed by atoms with Gasteiger partial charge in [-0.2, -0.15) is 0 Å². The van der Waals surface area contributed by atoms with Crippen LogP contribution >= 0.6 is 23.1 Å². The number of H-pyrrole nitrogens is 1. The molecular formula is C11H12N2O2S2. The summed E-state index contributed by atoms with van der Waals surface area (Å²) in [5.41, 5.74) is 1.80. The molecule has 2 heterocycles. The van der Waals surface area contributed by atoms with Crippen molar-refractivity contribution in [2.24, 2.45) is 0 Å². The Kier molecular flexibility index (Phi) is 3.86. The van der Waals surface area contributed by atoms with Crippen LogP contribution in [0, 0.1) is 6.92 Å². The van der Waals surface area contributed by atoms with E-state index in [1.165, 1.54) is 7.11 Å². The Morgan fingerprint density at radius 2 is 2.41 bits per heavy atom. The van der Waals surface area contributed by atoms with Crippen LogP contribution in [-0.4, -0.2) is 17.1 Å². The second kappa shape index (κ2) is 5.37. The summed E-state index contributed by atoms with van der Waals surface area (Å²) in [7, 11) is 1.48. The lowest BCUT2D eigenvalue weighted by molar-refractivity contribution is 0.408. The van der Waals surface area contributed by atoms with E-state index in [4.69, 9.17) is 4.74 Å². The molecule has 0 radical (unpaired) electrons. The summed E-state index contributed by atoms with van der Waals surface area (Å²) in [5, 5.41) is 2.01. The Morgan fingerprint density at radius 3 is 3.00 bits per heavy atom. The molecule has 4 nitrogen and oxygen atoms in total. The predicted octanol–water partition coefficient (Wildman–Crippen LogP) is 2.44. The van der Waals surface area contributed by atoms with E-state index in [-0.39, 0.29) is 5.43 Å². The minimum Gasteiger partial charge on any atom is -0.491 e. The van der Waals surface area contributed by atoms with Gasteiger partial charge in [-0.3, -0.25) is 4.79 Å². The molecule has 90 valence electrons. The Morgan fingerprint density at radius 1 is 1.59 bits per heavy atom. The van der Waals surface area contributed by atoms with Crippen molar-refractivity contribution in [3.05, 3.63) is 39.3 Å². The number of nitrogens with one attached hydrogen (secondary N) is 1. The maximum atomic E-state index is 11.5. The van der Waals surface area contributed by atoms with Gasteiger partial charge >= 0.3 is 0 Å². The minimum atomic E-state index is -0.0998. The lowest BCUT2D eigenvalue weighted by Gasteiger charge is -2.01. The van der Waals surface area contributed by atoms with Gasteiger partial charge in [-0.15, -0.1) is 11.3 Å². The highest BCUT2D eigenvalue weighted by Gasteiger charge is 2.03. The van der Waals surface area contributed by atoms with Crippen molar-refractivity contribution in [2.45, 2.75) is 17.0 Å². The molecule has 0 spiro atoms. The van der Waals surface area contributed by atoms with Gasteiger partial charge in [0.2, 0.25) is 5.43 Å². The lowest BCUT2D eigenvalue weighted by Crippen LogP contribution is -2.06. The molecule has 0 fully saturated rings. The number of rotatable bonds is 4. The molecule has 6 heteroatoms. The molecule has 2 aromatic heterocycles. The van der Waals surface area contributed by atoms with Crippen LogP contribution in [0.15, 0.2) is 26.8 Å². The molecule has 0 saturated heterocycles. The molecule has 0 atom stereocenters. The molecule has 0 amide bonds. The molecule has 0 bridgehead atoms. The summed E-state index contributed by atoms with van der Waals surface area (Å²) in [6.07, 6.45) is 1.59. The van der Waals surface area contributed by atoms with Gasteiger partial charge in [0.25, 0.3) is 0 Å². The van der Waals surface area contributed by atoms with Gasteiger partial charge in [0.15, 0.2) is 5.75 Å². The number of thioether (sulfide) groups is 1. The third-order valence-electron chi connectivity index (χ3n) is 2.11. The lowest BCUT2D eigenvalue weighted by atomic mass is 10.3. The Bertz CT molecular complexity index is 563. The Hall–Kier alpha value is -1.27. The number of hydrogen-bond donors (Lipinski definition) is 1. The van der Waals surface area contributed by atoms with E-state index < -0.39 is 0 Å². The number of aromatic nitrogens is 2. The molecule has 0 unspecified atom stereocenters. The van der Waals surface area contributed by atoms with Crippen molar-refractivity contribution in [1.82, 2.24) is 9.97 Å². The third kappa shape index (κ3) is 3.10. The van der Waals surface area contributed by atoms with Gasteiger partial charge in [-0.1, -0.05) is 11.8 Å². The van der Waals surface area contributed by atoms with E-state index in [1.807, 2.05) is 12.3 Å². The predicted molar refractivity (Wildman–Crippen MR) is 70.0 cm³/mol. The number of methoxy groups -OCH3 is 1. The number of ether oxygens (including phenoxy) is 1. The molecule has 0 aliphatic rings. The largest absolute Gasteiger partial charge is 0.491 e. The monoisotopic (exact) mass is 268 g/mol. The quantitative estimate of drug-likeness (QED) is 0.865. The fourth-order valence-electron chi connectivity index (χ4n) is 1.28. The van der Waals surface area contributed by atoms with Gasteiger partial charge in [0.05, 0.1) is 7.11 Å². The molecular weight excluding hydrogens is 256 g/mol. The minimum absolute atomic E-state index is 0.0998. The molecule has 1 N–H and O–H groups in total. The van der Waals surface area contributed by atoms with Gasteiger partial charge in [0.1, 0.15) is 4.34 Å². The average molecular weight is 268 g/mol. The molecule has 0 aromatic carbocycles. The van der Waals surface area contributed by atoms with Crippen LogP contribution in [0.5, 0.6) is 5.75 Å². The maximum Gasteiger partial charge on any atom is 0.223 e. The van der Waals surface area contributed by atoms with E-state index in [9.17, 15) is 4.79 Å². The zero-order chi connectivity index (χ0) is 12.3. The molecule has 2 rings (SSSR count). The topological polar surface area (TPSA) is 55.0 Å². The van der Waals surface area contributed by atoms with E-state index in [0.717, 1.165) is 15.7 Å². The fourth-order valence-corrected chi connectivity index (χ4v) is 3.05. The first kappa shape index (κ1) is 12.2. The summed E-state index contributed by atoms with van der Waals surface area (Å²) in [6.45, 7) is 1.97. The SMILES string of the molecule is COc1c[nH]c(CSc2nc(C)cs2)cc1=O. The van der Waals surface area contributed by atoms with Crippen LogP contribution in [0.25, 0.3) is 0 Å². The van der Waals surface area contributed by atoms with E-state index >= 15 is 0 Å².